The van der Waals surface area contributed by atoms with Crippen LogP contribution in [0.5, 0.6) is 11.5 Å². The largest absolute Gasteiger partial charge is 0.497 e. The van der Waals surface area contributed by atoms with E-state index in [0.29, 0.717) is 22.2 Å². The number of rotatable bonds is 5. The average molecular weight is 385 g/mol. The van der Waals surface area contributed by atoms with Gasteiger partial charge in [0.1, 0.15) is 11.5 Å². The molecule has 0 radical (unpaired) electrons. The molecule has 0 heterocycles. The topological polar surface area (TPSA) is 47.6 Å². The molecule has 0 aliphatic heterocycles. The van der Waals surface area contributed by atoms with Gasteiger partial charge in [-0.05, 0) is 36.8 Å². The lowest BCUT2D eigenvalue weighted by Crippen LogP contribution is -2.20. The number of hydrogen-bond donors (Lipinski definition) is 1. The van der Waals surface area contributed by atoms with Crippen molar-refractivity contribution >= 4 is 39.1 Å². The second-order valence-electron chi connectivity index (χ2n) is 4.60. The number of hydrogen-bond acceptors (Lipinski definition) is 3. The van der Waals surface area contributed by atoms with Crippen molar-refractivity contribution in [2.75, 3.05) is 19.0 Å². The van der Waals surface area contributed by atoms with Crippen LogP contribution in [0.25, 0.3) is 0 Å². The van der Waals surface area contributed by atoms with Crippen molar-refractivity contribution in [3.8, 4) is 11.5 Å². The quantitative estimate of drug-likeness (QED) is 0.829. The molecule has 1 amide bonds. The van der Waals surface area contributed by atoms with Gasteiger partial charge < -0.3 is 14.8 Å². The molecule has 0 bridgehead atoms. The van der Waals surface area contributed by atoms with Crippen LogP contribution in [0, 0.1) is 6.92 Å². The fourth-order valence-electron chi connectivity index (χ4n) is 1.91. The molecular weight excluding hydrogens is 370 g/mol. The van der Waals surface area contributed by atoms with Crippen LogP contribution in [-0.2, 0) is 4.79 Å². The van der Waals surface area contributed by atoms with E-state index in [0.717, 1.165) is 10.0 Å². The average Bonchev–Trinajstić information content (AvgIpc) is 2.46. The predicted molar refractivity (Wildman–Crippen MR) is 91.0 cm³/mol. The lowest BCUT2D eigenvalue weighted by atomic mass is 10.2. The van der Waals surface area contributed by atoms with E-state index in [1.165, 1.54) is 0 Å². The minimum atomic E-state index is -0.272. The molecule has 0 saturated carbocycles. The number of nitrogens with one attached hydrogen (secondary N) is 1. The Bertz CT molecular complexity index is 668. The summed E-state index contributed by atoms with van der Waals surface area (Å²) in [6.45, 7) is 1.74. The second kappa shape index (κ2) is 7.51. The Morgan fingerprint density at radius 1 is 1.32 bits per heavy atom. The highest BCUT2D eigenvalue weighted by molar-refractivity contribution is 9.10. The zero-order chi connectivity index (χ0) is 16.1. The van der Waals surface area contributed by atoms with Crippen molar-refractivity contribution in [3.63, 3.8) is 0 Å². The summed E-state index contributed by atoms with van der Waals surface area (Å²) < 4.78 is 11.5. The van der Waals surface area contributed by atoms with E-state index in [1.54, 1.807) is 37.4 Å². The lowest BCUT2D eigenvalue weighted by molar-refractivity contribution is -0.118. The standard InChI is InChI=1S/C16H15BrClNO3/c1-10-6-11(17)7-14(18)16(10)22-9-15(20)19-12-4-3-5-13(8-12)21-2/h3-8H,9H2,1-2H3,(H,19,20). The van der Waals surface area contributed by atoms with E-state index in [1.807, 2.05) is 13.0 Å². The van der Waals surface area contributed by atoms with E-state index in [2.05, 4.69) is 21.2 Å². The molecule has 0 atom stereocenters. The molecule has 0 saturated heterocycles. The van der Waals surface area contributed by atoms with Crippen molar-refractivity contribution < 1.29 is 14.3 Å². The van der Waals surface area contributed by atoms with Crippen molar-refractivity contribution in [1.29, 1.82) is 0 Å². The van der Waals surface area contributed by atoms with E-state index in [4.69, 9.17) is 21.1 Å². The summed E-state index contributed by atoms with van der Waals surface area (Å²) in [4.78, 5) is 11.9. The molecule has 2 aromatic rings. The second-order valence-corrected chi connectivity index (χ2v) is 5.93. The van der Waals surface area contributed by atoms with Gasteiger partial charge in [-0.3, -0.25) is 4.79 Å². The van der Waals surface area contributed by atoms with Crippen molar-refractivity contribution in [2.24, 2.45) is 0 Å². The smallest absolute Gasteiger partial charge is 0.262 e. The van der Waals surface area contributed by atoms with Gasteiger partial charge >= 0.3 is 0 Å². The third-order valence-corrected chi connectivity index (χ3v) is 3.63. The zero-order valence-electron chi connectivity index (χ0n) is 12.2. The van der Waals surface area contributed by atoms with E-state index in [-0.39, 0.29) is 12.5 Å². The molecule has 4 nitrogen and oxygen atoms in total. The van der Waals surface area contributed by atoms with E-state index >= 15 is 0 Å². The van der Waals surface area contributed by atoms with Crippen LogP contribution in [0.2, 0.25) is 5.02 Å². The van der Waals surface area contributed by atoms with Crippen molar-refractivity contribution in [1.82, 2.24) is 0 Å². The SMILES string of the molecule is COc1cccc(NC(=O)COc2c(C)cc(Br)cc2Cl)c1. The van der Waals surface area contributed by atoms with Crippen LogP contribution in [-0.4, -0.2) is 19.6 Å². The monoisotopic (exact) mass is 383 g/mol. The predicted octanol–water partition coefficient (Wildman–Crippen LogP) is 4.44. The molecule has 0 aromatic heterocycles. The molecule has 116 valence electrons. The van der Waals surface area contributed by atoms with Gasteiger partial charge in [-0.25, -0.2) is 0 Å². The summed E-state index contributed by atoms with van der Waals surface area (Å²) in [6.07, 6.45) is 0. The molecule has 0 spiro atoms. The molecule has 0 aliphatic carbocycles. The van der Waals surface area contributed by atoms with Crippen LogP contribution in [0.4, 0.5) is 5.69 Å². The molecule has 22 heavy (non-hydrogen) atoms. The molecule has 2 aromatic carbocycles. The Labute approximate surface area is 142 Å². The summed E-state index contributed by atoms with van der Waals surface area (Å²) in [5.41, 5.74) is 1.50. The maximum Gasteiger partial charge on any atom is 0.262 e. The summed E-state index contributed by atoms with van der Waals surface area (Å²) in [7, 11) is 1.57. The fourth-order valence-corrected chi connectivity index (χ4v) is 2.93. The third-order valence-electron chi connectivity index (χ3n) is 2.90. The molecule has 2 rings (SSSR count). The van der Waals surface area contributed by atoms with Gasteiger partial charge in [0.2, 0.25) is 0 Å². The maximum atomic E-state index is 11.9. The zero-order valence-corrected chi connectivity index (χ0v) is 14.5. The normalized spacial score (nSPS) is 10.2. The summed E-state index contributed by atoms with van der Waals surface area (Å²) in [6, 6.07) is 10.7. The van der Waals surface area contributed by atoms with Gasteiger partial charge in [0.25, 0.3) is 5.91 Å². The van der Waals surface area contributed by atoms with Gasteiger partial charge in [-0.2, -0.15) is 0 Å². The number of benzene rings is 2. The minimum Gasteiger partial charge on any atom is -0.497 e. The van der Waals surface area contributed by atoms with Gasteiger partial charge in [-0.15, -0.1) is 0 Å². The van der Waals surface area contributed by atoms with Crippen LogP contribution in [0.1, 0.15) is 5.56 Å². The number of carbonyl (C=O) groups excluding carboxylic acids is 1. The van der Waals surface area contributed by atoms with Gasteiger partial charge in [0.15, 0.2) is 6.61 Å². The number of ether oxygens (including phenoxy) is 2. The summed E-state index contributed by atoms with van der Waals surface area (Å²) >= 11 is 9.47. The Morgan fingerprint density at radius 2 is 2.09 bits per heavy atom. The van der Waals surface area contributed by atoms with Crippen LogP contribution >= 0.6 is 27.5 Å². The van der Waals surface area contributed by atoms with Crippen molar-refractivity contribution in [3.05, 3.63) is 51.5 Å². The number of carbonyl (C=O) groups is 1. The molecule has 6 heteroatoms. The molecule has 1 N–H and O–H groups in total. The molecular formula is C16H15BrClNO3. The highest BCUT2D eigenvalue weighted by Crippen LogP contribution is 2.31. The van der Waals surface area contributed by atoms with Crippen molar-refractivity contribution in [2.45, 2.75) is 6.92 Å². The van der Waals surface area contributed by atoms with Crippen LogP contribution < -0.4 is 14.8 Å². The highest BCUT2D eigenvalue weighted by Gasteiger charge is 2.10. The Balaban J connectivity index is 1.98. The van der Waals surface area contributed by atoms with E-state index < -0.39 is 0 Å². The summed E-state index contributed by atoms with van der Waals surface area (Å²) in [5.74, 6) is 0.905. The number of methoxy groups -OCH3 is 1. The Morgan fingerprint density at radius 3 is 2.77 bits per heavy atom. The van der Waals surface area contributed by atoms with Gasteiger partial charge in [0.05, 0.1) is 12.1 Å². The number of amides is 1. The van der Waals surface area contributed by atoms with E-state index in [9.17, 15) is 4.79 Å². The maximum absolute atomic E-state index is 11.9. The van der Waals surface area contributed by atoms with Crippen LogP contribution in [0.15, 0.2) is 40.9 Å². The first kappa shape index (κ1) is 16.6. The van der Waals surface area contributed by atoms with Gasteiger partial charge in [0, 0.05) is 16.2 Å². The summed E-state index contributed by atoms with van der Waals surface area (Å²) in [5, 5.41) is 3.20. The number of aryl methyl sites for hydroxylation is 1. The minimum absolute atomic E-state index is 0.126. The molecule has 0 aliphatic rings. The first-order valence-corrected chi connectivity index (χ1v) is 7.69. The third kappa shape index (κ3) is 4.39. The first-order chi connectivity index (χ1) is 10.5. The number of halogens is 2. The Hall–Kier alpha value is -1.72. The fraction of sp³-hybridized carbons (Fsp3) is 0.188. The molecule has 0 unspecified atom stereocenters. The lowest BCUT2D eigenvalue weighted by Gasteiger charge is -2.12. The number of anilines is 1. The first-order valence-electron chi connectivity index (χ1n) is 6.52. The highest BCUT2D eigenvalue weighted by atomic mass is 79.9. The molecule has 0 fully saturated rings. The van der Waals surface area contributed by atoms with Crippen LogP contribution in [0.3, 0.4) is 0 Å². The Kier molecular flexibility index (Phi) is 5.69. The van der Waals surface area contributed by atoms with Gasteiger partial charge in [-0.1, -0.05) is 33.6 Å².